The molecule has 0 aromatic heterocycles. The zero-order chi connectivity index (χ0) is 5.70. The lowest BCUT2D eigenvalue weighted by Gasteiger charge is -1.88. The van der Waals surface area contributed by atoms with E-state index in [1.54, 1.807) is 0 Å². The maximum absolute atomic E-state index is 9.60. The standard InChI is InChI=1S/C2H7NO3S/c1-6-2-3-7(4)5/h7H,2H2,1H3,(H,3,4,5). The van der Waals surface area contributed by atoms with Gasteiger partial charge in [0.2, 0.25) is 10.9 Å². The maximum atomic E-state index is 9.60. The fourth-order valence-electron chi connectivity index (χ4n) is 0.117. The van der Waals surface area contributed by atoms with E-state index in [4.69, 9.17) is 0 Å². The van der Waals surface area contributed by atoms with E-state index in [9.17, 15) is 8.42 Å². The van der Waals surface area contributed by atoms with Gasteiger partial charge in [-0.15, -0.1) is 0 Å². The number of thiol groups is 1. The number of methoxy groups -OCH3 is 1. The predicted molar refractivity (Wildman–Crippen MR) is 25.3 cm³/mol. The maximum Gasteiger partial charge on any atom is 0.203 e. The van der Waals surface area contributed by atoms with E-state index in [-0.39, 0.29) is 6.73 Å². The molecule has 0 saturated carbocycles. The Hall–Kier alpha value is -0.130. The quantitative estimate of drug-likeness (QED) is 0.364. The second-order valence-electron chi connectivity index (χ2n) is 0.848. The molecule has 0 radical (unpaired) electrons. The molecule has 0 saturated heterocycles. The highest BCUT2D eigenvalue weighted by Crippen LogP contribution is 1.55. The van der Waals surface area contributed by atoms with Crippen molar-refractivity contribution < 1.29 is 13.2 Å². The third-order valence-electron chi connectivity index (χ3n) is 0.338. The second kappa shape index (κ2) is 4.04. The molecule has 0 aromatic rings. The normalized spacial score (nSPS) is 10.0. The Balaban J connectivity index is 2.98. The van der Waals surface area contributed by atoms with E-state index in [1.807, 2.05) is 4.72 Å². The van der Waals surface area contributed by atoms with Crippen LogP contribution >= 0.6 is 0 Å². The topological polar surface area (TPSA) is 55.4 Å². The molecule has 0 fully saturated rings. The molecule has 0 atom stereocenters. The highest BCUT2D eigenvalue weighted by atomic mass is 32.2. The summed E-state index contributed by atoms with van der Waals surface area (Å²) in [4.78, 5) is 0. The monoisotopic (exact) mass is 125 g/mol. The van der Waals surface area contributed by atoms with Crippen molar-refractivity contribution in [2.45, 2.75) is 0 Å². The van der Waals surface area contributed by atoms with Crippen LogP contribution in [-0.4, -0.2) is 22.3 Å². The number of hydrogen-bond acceptors (Lipinski definition) is 3. The molecule has 44 valence electrons. The Labute approximate surface area is 43.6 Å². The van der Waals surface area contributed by atoms with Crippen LogP contribution in [-0.2, 0) is 15.6 Å². The summed E-state index contributed by atoms with van der Waals surface area (Å²) in [5, 5.41) is 0. The van der Waals surface area contributed by atoms with Crippen molar-refractivity contribution in [1.82, 2.24) is 4.72 Å². The SMILES string of the molecule is COCN[SH](=O)=O. The molecule has 0 unspecified atom stereocenters. The fourth-order valence-corrected chi connectivity index (χ4v) is 0.352. The van der Waals surface area contributed by atoms with Gasteiger partial charge in [0, 0.05) is 7.11 Å². The van der Waals surface area contributed by atoms with Crippen LogP contribution in [0.25, 0.3) is 0 Å². The van der Waals surface area contributed by atoms with Gasteiger partial charge in [0.1, 0.15) is 6.73 Å². The largest absolute Gasteiger partial charge is 0.369 e. The highest BCUT2D eigenvalue weighted by molar-refractivity contribution is 7.70. The van der Waals surface area contributed by atoms with Crippen LogP contribution in [0.4, 0.5) is 0 Å². The van der Waals surface area contributed by atoms with Crippen LogP contribution in [0.5, 0.6) is 0 Å². The molecule has 0 aromatic carbocycles. The van der Waals surface area contributed by atoms with Crippen molar-refractivity contribution in [2.24, 2.45) is 0 Å². The number of nitrogens with one attached hydrogen (secondary N) is 1. The minimum atomic E-state index is -2.48. The van der Waals surface area contributed by atoms with Crippen LogP contribution < -0.4 is 4.72 Å². The summed E-state index contributed by atoms with van der Waals surface area (Å²) >= 11 is 0. The van der Waals surface area contributed by atoms with Crippen LogP contribution in [0.2, 0.25) is 0 Å². The Morgan fingerprint density at radius 1 is 1.71 bits per heavy atom. The first-order valence-electron chi connectivity index (χ1n) is 1.64. The molecule has 7 heavy (non-hydrogen) atoms. The van der Waals surface area contributed by atoms with Gasteiger partial charge in [0.25, 0.3) is 0 Å². The van der Waals surface area contributed by atoms with Crippen molar-refractivity contribution in [3.63, 3.8) is 0 Å². The molecule has 0 rings (SSSR count). The van der Waals surface area contributed by atoms with Gasteiger partial charge in [-0.1, -0.05) is 0 Å². The van der Waals surface area contributed by atoms with Gasteiger partial charge >= 0.3 is 0 Å². The highest BCUT2D eigenvalue weighted by Gasteiger charge is 1.76. The molecule has 1 N–H and O–H groups in total. The van der Waals surface area contributed by atoms with Gasteiger partial charge in [-0.05, 0) is 0 Å². The summed E-state index contributed by atoms with van der Waals surface area (Å²) in [6.45, 7) is 0.0543. The summed E-state index contributed by atoms with van der Waals surface area (Å²) in [6.07, 6.45) is 0. The van der Waals surface area contributed by atoms with E-state index in [1.165, 1.54) is 7.11 Å². The van der Waals surface area contributed by atoms with E-state index in [2.05, 4.69) is 4.74 Å². The number of rotatable bonds is 3. The van der Waals surface area contributed by atoms with Gasteiger partial charge in [0.05, 0.1) is 0 Å². The van der Waals surface area contributed by atoms with Crippen molar-refractivity contribution in [3.8, 4) is 0 Å². The minimum absolute atomic E-state index is 0.0543. The summed E-state index contributed by atoms with van der Waals surface area (Å²) < 4.78 is 25.6. The first-order chi connectivity index (χ1) is 3.27. The van der Waals surface area contributed by atoms with Crippen molar-refractivity contribution in [3.05, 3.63) is 0 Å². The van der Waals surface area contributed by atoms with Crippen molar-refractivity contribution in [1.29, 1.82) is 0 Å². The summed E-state index contributed by atoms with van der Waals surface area (Å²) in [5.41, 5.74) is 0. The zero-order valence-corrected chi connectivity index (χ0v) is 4.77. The molecule has 4 nitrogen and oxygen atoms in total. The molecule has 5 heteroatoms. The minimum Gasteiger partial charge on any atom is -0.369 e. The summed E-state index contributed by atoms with van der Waals surface area (Å²) in [5.74, 6) is 0. The summed E-state index contributed by atoms with van der Waals surface area (Å²) in [6, 6.07) is 0. The van der Waals surface area contributed by atoms with Gasteiger partial charge in [-0.25, -0.2) is 8.42 Å². The van der Waals surface area contributed by atoms with Crippen LogP contribution in [0.3, 0.4) is 0 Å². The lowest BCUT2D eigenvalue weighted by molar-refractivity contribution is 0.195. The lowest BCUT2D eigenvalue weighted by Crippen LogP contribution is -2.13. The zero-order valence-electron chi connectivity index (χ0n) is 3.88. The first kappa shape index (κ1) is 6.87. The van der Waals surface area contributed by atoms with Gasteiger partial charge in [0.15, 0.2) is 0 Å². The van der Waals surface area contributed by atoms with Gasteiger partial charge in [-0.3, -0.25) is 0 Å². The van der Waals surface area contributed by atoms with Crippen molar-refractivity contribution >= 4 is 10.9 Å². The van der Waals surface area contributed by atoms with Gasteiger partial charge in [-0.2, -0.15) is 4.72 Å². The fraction of sp³-hybridized carbons (Fsp3) is 1.00. The molecular formula is C2H7NO3S. The molecule has 0 aliphatic carbocycles. The molecule has 0 aliphatic rings. The molecule has 0 bridgehead atoms. The second-order valence-corrected chi connectivity index (χ2v) is 1.68. The number of ether oxygens (including phenoxy) is 1. The van der Waals surface area contributed by atoms with Crippen molar-refractivity contribution in [2.75, 3.05) is 13.8 Å². The summed E-state index contributed by atoms with van der Waals surface area (Å²) in [7, 11) is -1.07. The predicted octanol–water partition coefficient (Wildman–Crippen LogP) is -1.29. The molecule has 0 aliphatic heterocycles. The molecular weight excluding hydrogens is 118 g/mol. The van der Waals surface area contributed by atoms with E-state index in [0.717, 1.165) is 0 Å². The smallest absolute Gasteiger partial charge is 0.203 e. The molecule has 0 spiro atoms. The Kier molecular flexibility index (Phi) is 3.97. The van der Waals surface area contributed by atoms with Gasteiger partial charge < -0.3 is 4.74 Å². The first-order valence-corrected chi connectivity index (χ1v) is 2.82. The Morgan fingerprint density at radius 3 is 2.43 bits per heavy atom. The van der Waals surface area contributed by atoms with E-state index < -0.39 is 10.9 Å². The van der Waals surface area contributed by atoms with E-state index >= 15 is 0 Å². The third kappa shape index (κ3) is 5.87. The molecule has 0 amide bonds. The molecule has 0 heterocycles. The third-order valence-corrected chi connectivity index (χ3v) is 0.725. The Bertz CT molecular complexity index is 91.1. The lowest BCUT2D eigenvalue weighted by atomic mass is 11.3. The van der Waals surface area contributed by atoms with Crippen LogP contribution in [0, 0.1) is 0 Å². The average molecular weight is 125 g/mol. The average Bonchev–Trinajstić information content (AvgIpc) is 1.61. The van der Waals surface area contributed by atoms with Crippen LogP contribution in [0.15, 0.2) is 0 Å². The van der Waals surface area contributed by atoms with Crippen LogP contribution in [0.1, 0.15) is 0 Å². The number of hydrogen-bond donors (Lipinski definition) is 2. The Morgan fingerprint density at radius 2 is 2.29 bits per heavy atom. The van der Waals surface area contributed by atoms with E-state index in [0.29, 0.717) is 0 Å².